The van der Waals surface area contributed by atoms with Gasteiger partial charge >= 0.3 is 24.7 Å². The van der Waals surface area contributed by atoms with Crippen LogP contribution < -0.4 is 0 Å². The summed E-state index contributed by atoms with van der Waals surface area (Å²) in [5.41, 5.74) is -9.46. The Morgan fingerprint density at radius 3 is 1.28 bits per heavy atom. The highest BCUT2D eigenvalue weighted by Gasteiger charge is 2.41. The van der Waals surface area contributed by atoms with Gasteiger partial charge in [-0.2, -0.15) is 52.7 Å². The molecule has 7 rings (SSSR count). The quantitative estimate of drug-likeness (QED) is 0.134. The molecule has 0 spiro atoms. The molecule has 1 aromatic heterocycles. The zero-order valence-electron chi connectivity index (χ0n) is 26.4. The minimum absolute atomic E-state index is 0.0218. The van der Waals surface area contributed by atoms with Gasteiger partial charge in [-0.15, -0.1) is 0 Å². The summed E-state index contributed by atoms with van der Waals surface area (Å²) in [5, 5.41) is -0.474. The average Bonchev–Trinajstić information content (AvgIpc) is 3.53. The van der Waals surface area contributed by atoms with Gasteiger partial charge in [0.2, 0.25) is 0 Å². The molecule has 0 atom stereocenters. The monoisotopic (exact) mass is 750 g/mol. The molecule has 16 heteroatoms. The van der Waals surface area contributed by atoms with Crippen LogP contribution in [0.15, 0.2) is 91.0 Å². The molecule has 6 aromatic rings. The second-order valence-electron chi connectivity index (χ2n) is 12.1. The molecule has 0 radical (unpaired) electrons. The topological polar surface area (TPSA) is 42.3 Å². The maximum Gasteiger partial charge on any atom is 0.417 e. The number of hydrogen-bond donors (Lipinski definition) is 0. The van der Waals surface area contributed by atoms with Gasteiger partial charge < -0.3 is 4.57 Å². The highest BCUT2D eigenvalue weighted by atomic mass is 19.4. The van der Waals surface area contributed by atoms with E-state index in [0.29, 0.717) is 24.3 Å². The van der Waals surface area contributed by atoms with Gasteiger partial charge in [-0.25, -0.2) is 0 Å². The lowest BCUT2D eigenvalue weighted by Gasteiger charge is -2.18. The van der Waals surface area contributed by atoms with Crippen molar-refractivity contribution in [3.05, 3.63) is 124 Å². The number of rotatable bonds is 3. The number of carbonyl (C=O) groups is 2. The van der Waals surface area contributed by atoms with Crippen LogP contribution in [0.25, 0.3) is 49.7 Å². The van der Waals surface area contributed by atoms with Crippen molar-refractivity contribution in [2.75, 3.05) is 7.05 Å². The molecule has 0 bridgehead atoms. The van der Waals surface area contributed by atoms with Crippen LogP contribution in [0.3, 0.4) is 0 Å². The lowest BCUT2D eigenvalue weighted by Crippen LogP contribution is -2.24. The maximum absolute atomic E-state index is 14.6. The summed E-state index contributed by atoms with van der Waals surface area (Å²) in [4.78, 5) is 27.1. The minimum Gasteiger partial charge on any atom is -0.308 e. The SMILES string of the molecule is CN1C(=O)c2cccc(-n3c4cccc(-c5ccc(C(F)(F)F)cc5C(F)(F)F)c4c4c(-c5ccc(C(F)(F)F)cc5C(F)(F)F)cccc43)c2C1=O. The third-order valence-electron chi connectivity index (χ3n) is 9.04. The third kappa shape index (κ3) is 5.67. The predicted octanol–water partition coefficient (Wildman–Crippen LogP) is 11.4. The Balaban J connectivity index is 1.68. The third-order valence-corrected chi connectivity index (χ3v) is 9.04. The average molecular weight is 751 g/mol. The first-order chi connectivity index (χ1) is 24.6. The Hall–Kier alpha value is -5.80. The van der Waals surface area contributed by atoms with Crippen molar-refractivity contribution in [2.24, 2.45) is 0 Å². The first-order valence-corrected chi connectivity index (χ1v) is 15.2. The number of fused-ring (bicyclic) bond motifs is 4. The van der Waals surface area contributed by atoms with Crippen molar-refractivity contribution in [1.82, 2.24) is 9.47 Å². The largest absolute Gasteiger partial charge is 0.417 e. The van der Waals surface area contributed by atoms with E-state index in [1.54, 1.807) is 0 Å². The van der Waals surface area contributed by atoms with E-state index in [9.17, 15) is 62.3 Å². The molecule has 0 saturated heterocycles. The molecule has 0 saturated carbocycles. The molecule has 0 N–H and O–H groups in total. The first kappa shape index (κ1) is 35.6. The Kier molecular flexibility index (Phi) is 7.79. The Morgan fingerprint density at radius 2 is 0.868 bits per heavy atom. The number of carbonyl (C=O) groups excluding carboxylic acids is 2. The van der Waals surface area contributed by atoms with Crippen LogP contribution >= 0.6 is 0 Å². The minimum atomic E-state index is -5.38. The first-order valence-electron chi connectivity index (χ1n) is 15.2. The van der Waals surface area contributed by atoms with E-state index in [1.807, 2.05) is 0 Å². The molecular weight excluding hydrogens is 732 g/mol. The number of halogens is 12. The summed E-state index contributed by atoms with van der Waals surface area (Å²) in [5.74, 6) is -1.49. The van der Waals surface area contributed by atoms with Crippen molar-refractivity contribution in [3.8, 4) is 27.9 Å². The molecule has 53 heavy (non-hydrogen) atoms. The molecule has 0 aliphatic carbocycles. The van der Waals surface area contributed by atoms with Crippen molar-refractivity contribution >= 4 is 33.6 Å². The molecule has 1 aliphatic rings. The number of hydrogen-bond acceptors (Lipinski definition) is 2. The molecule has 0 fully saturated rings. The molecule has 1 aliphatic heterocycles. The molecule has 4 nitrogen and oxygen atoms in total. The van der Waals surface area contributed by atoms with Gasteiger partial charge in [-0.3, -0.25) is 14.5 Å². The second-order valence-corrected chi connectivity index (χ2v) is 12.1. The van der Waals surface area contributed by atoms with E-state index >= 15 is 0 Å². The van der Waals surface area contributed by atoms with Crippen LogP contribution in [0.5, 0.6) is 0 Å². The van der Waals surface area contributed by atoms with Crippen molar-refractivity contribution < 1.29 is 62.3 Å². The van der Waals surface area contributed by atoms with Crippen LogP contribution in [0.2, 0.25) is 0 Å². The summed E-state index contributed by atoms with van der Waals surface area (Å²) >= 11 is 0. The number of alkyl halides is 12. The molecule has 5 aromatic carbocycles. The predicted molar refractivity (Wildman–Crippen MR) is 168 cm³/mol. The fourth-order valence-electron chi connectivity index (χ4n) is 6.77. The fourth-order valence-corrected chi connectivity index (χ4v) is 6.77. The van der Waals surface area contributed by atoms with E-state index in [2.05, 4.69) is 0 Å². The number of aromatic nitrogens is 1. The van der Waals surface area contributed by atoms with Gasteiger partial charge in [0.15, 0.2) is 0 Å². The number of amides is 2. The number of nitrogens with zero attached hydrogens (tertiary/aromatic N) is 2. The smallest absolute Gasteiger partial charge is 0.308 e. The van der Waals surface area contributed by atoms with Gasteiger partial charge in [0.25, 0.3) is 11.8 Å². The van der Waals surface area contributed by atoms with Crippen molar-refractivity contribution in [1.29, 1.82) is 0 Å². The number of imide groups is 1. The van der Waals surface area contributed by atoms with Crippen molar-refractivity contribution in [2.45, 2.75) is 24.7 Å². The van der Waals surface area contributed by atoms with E-state index in [0.717, 1.165) is 17.0 Å². The highest BCUT2D eigenvalue weighted by Crippen LogP contribution is 2.49. The Morgan fingerprint density at radius 1 is 0.453 bits per heavy atom. The van der Waals surface area contributed by atoms with E-state index in [1.165, 1.54) is 54.1 Å². The van der Waals surface area contributed by atoms with Gasteiger partial charge in [0, 0.05) is 17.8 Å². The Bertz CT molecular complexity index is 2390. The normalized spacial score (nSPS) is 14.2. The highest BCUT2D eigenvalue weighted by molar-refractivity contribution is 6.25. The van der Waals surface area contributed by atoms with Crippen molar-refractivity contribution in [3.63, 3.8) is 0 Å². The second kappa shape index (κ2) is 11.6. The Labute approximate surface area is 289 Å². The van der Waals surface area contributed by atoms with Gasteiger partial charge in [-0.05, 0) is 70.8 Å². The van der Waals surface area contributed by atoms with E-state index in [-0.39, 0.29) is 50.8 Å². The molecular formula is C37H18F12N2O2. The number of benzene rings is 5. The lowest BCUT2D eigenvalue weighted by molar-refractivity contribution is -0.144. The summed E-state index contributed by atoms with van der Waals surface area (Å²) < 4.78 is 170. The van der Waals surface area contributed by atoms with Crippen LogP contribution in [0, 0.1) is 0 Å². The zero-order valence-corrected chi connectivity index (χ0v) is 26.4. The van der Waals surface area contributed by atoms with Crippen LogP contribution in [0.1, 0.15) is 43.0 Å². The van der Waals surface area contributed by atoms with E-state index in [4.69, 9.17) is 0 Å². The fraction of sp³-hybridized carbons (Fsp3) is 0.135. The van der Waals surface area contributed by atoms with Gasteiger partial charge in [0.1, 0.15) is 0 Å². The lowest BCUT2D eigenvalue weighted by atomic mass is 9.90. The molecule has 272 valence electrons. The molecule has 0 unspecified atom stereocenters. The van der Waals surface area contributed by atoms with Crippen LogP contribution in [0.4, 0.5) is 52.7 Å². The van der Waals surface area contributed by atoms with Crippen LogP contribution in [-0.4, -0.2) is 28.3 Å². The van der Waals surface area contributed by atoms with E-state index < -0.39 is 81.0 Å². The summed E-state index contributed by atoms with van der Waals surface area (Å²) in [6, 6.07) is 13.2. The maximum atomic E-state index is 14.6. The van der Waals surface area contributed by atoms with Crippen LogP contribution in [-0.2, 0) is 24.7 Å². The molecule has 2 heterocycles. The summed E-state index contributed by atoms with van der Waals surface area (Å²) in [7, 11) is 1.20. The van der Waals surface area contributed by atoms with Gasteiger partial charge in [0.05, 0.1) is 50.1 Å². The summed E-state index contributed by atoms with van der Waals surface area (Å²) in [6.07, 6.45) is -21.1. The zero-order chi connectivity index (χ0) is 38.6. The summed E-state index contributed by atoms with van der Waals surface area (Å²) in [6.45, 7) is 0. The molecule has 2 amide bonds. The standard InChI is InChI=1S/C37H18F12N2O2/c1-50-32(52)23-7-4-10-28(31(23)33(50)53)51-26-8-2-5-21(19-13-11-17(34(38,39)40)15-24(19)36(44,45)46)29(26)30-22(6-3-9-27(30)51)20-14-12-18(35(41,42)43)16-25(20)37(47,48)49/h2-16H,1H3. The van der Waals surface area contributed by atoms with Gasteiger partial charge in [-0.1, -0.05) is 42.5 Å².